The van der Waals surface area contributed by atoms with Crippen LogP contribution in [0.5, 0.6) is 5.75 Å². The van der Waals surface area contributed by atoms with Crippen molar-refractivity contribution in [1.82, 2.24) is 15.2 Å². The fourth-order valence-corrected chi connectivity index (χ4v) is 4.93. The molecular weight excluding hydrogens is 547 g/mol. The third kappa shape index (κ3) is 8.36. The Bertz CT molecular complexity index is 1550. The van der Waals surface area contributed by atoms with Crippen LogP contribution in [0.4, 0.5) is 10.1 Å². The molecule has 4 rings (SSSR count). The highest BCUT2D eigenvalue weighted by Crippen LogP contribution is 2.20. The third-order valence-corrected chi connectivity index (χ3v) is 7.57. The maximum Gasteiger partial charge on any atom is 0.261 e. The molecule has 0 aliphatic carbocycles. The molecule has 0 bridgehead atoms. The van der Waals surface area contributed by atoms with E-state index in [1.54, 1.807) is 31.5 Å². The Morgan fingerprint density at radius 1 is 0.902 bits per heavy atom. The summed E-state index contributed by atoms with van der Waals surface area (Å²) in [6.07, 6.45) is 3.27. The molecule has 2 amide bonds. The minimum absolute atomic E-state index is 0.0364. The Morgan fingerprint density at radius 3 is 2.22 bits per heavy atom. The molecule has 4 aromatic rings. The molecule has 212 valence electrons. The zero-order chi connectivity index (χ0) is 29.2. The van der Waals surface area contributed by atoms with Crippen LogP contribution in [0.25, 0.3) is 0 Å². The number of pyridine rings is 1. The first-order valence-electron chi connectivity index (χ1n) is 12.7. The van der Waals surface area contributed by atoms with Crippen LogP contribution in [0.15, 0.2) is 108 Å². The molecule has 0 radical (unpaired) electrons. The number of ether oxygens (including phenoxy) is 1. The van der Waals surface area contributed by atoms with Crippen LogP contribution < -0.4 is 14.8 Å². The lowest BCUT2D eigenvalue weighted by Gasteiger charge is -2.28. The topological polar surface area (TPSA) is 118 Å². The van der Waals surface area contributed by atoms with Gasteiger partial charge in [-0.1, -0.05) is 30.3 Å². The van der Waals surface area contributed by atoms with Crippen molar-refractivity contribution in [3.8, 4) is 5.75 Å². The van der Waals surface area contributed by atoms with Gasteiger partial charge in [-0.2, -0.15) is 0 Å². The first-order valence-corrected chi connectivity index (χ1v) is 14.2. The number of nitrogens with zero attached hydrogens (tertiary/aromatic N) is 2. The lowest BCUT2D eigenvalue weighted by molar-refractivity contribution is -0.142. The average Bonchev–Trinajstić information content (AvgIpc) is 2.99. The average molecular weight is 577 g/mol. The van der Waals surface area contributed by atoms with Crippen LogP contribution in [0.2, 0.25) is 0 Å². The second-order valence-corrected chi connectivity index (χ2v) is 10.8. The van der Waals surface area contributed by atoms with E-state index in [9.17, 15) is 22.4 Å². The summed E-state index contributed by atoms with van der Waals surface area (Å²) in [4.78, 5) is 31.6. The van der Waals surface area contributed by atoms with Crippen LogP contribution >= 0.6 is 0 Å². The van der Waals surface area contributed by atoms with Gasteiger partial charge in [0.15, 0.2) is 6.61 Å². The van der Waals surface area contributed by atoms with E-state index in [2.05, 4.69) is 15.0 Å². The van der Waals surface area contributed by atoms with Gasteiger partial charge in [-0.25, -0.2) is 12.8 Å². The van der Waals surface area contributed by atoms with E-state index >= 15 is 0 Å². The van der Waals surface area contributed by atoms with Crippen LogP contribution in [0.1, 0.15) is 18.1 Å². The molecule has 9 nitrogen and oxygen atoms in total. The molecule has 41 heavy (non-hydrogen) atoms. The molecule has 2 N–H and O–H groups in total. The highest BCUT2D eigenvalue weighted by Gasteiger charge is 2.26. The fraction of sp³-hybridized carbons (Fsp3) is 0.167. The van der Waals surface area contributed by atoms with Gasteiger partial charge in [-0.3, -0.25) is 19.3 Å². The predicted octanol–water partition coefficient (Wildman–Crippen LogP) is 4.13. The summed E-state index contributed by atoms with van der Waals surface area (Å²) >= 11 is 0. The number of carbonyl (C=O) groups excluding carboxylic acids is 2. The van der Waals surface area contributed by atoms with Crippen molar-refractivity contribution in [2.24, 2.45) is 0 Å². The normalized spacial score (nSPS) is 11.8. The zero-order valence-electron chi connectivity index (χ0n) is 22.2. The summed E-state index contributed by atoms with van der Waals surface area (Å²) in [6.45, 7) is 1.77. The lowest BCUT2D eigenvalue weighted by Crippen LogP contribution is -2.48. The number of halogens is 1. The number of benzene rings is 3. The summed E-state index contributed by atoms with van der Waals surface area (Å²) in [6, 6.07) is 22.5. The summed E-state index contributed by atoms with van der Waals surface area (Å²) in [5.41, 5.74) is 1.94. The number of anilines is 1. The Balaban J connectivity index is 1.40. The van der Waals surface area contributed by atoms with Gasteiger partial charge < -0.3 is 15.0 Å². The van der Waals surface area contributed by atoms with Crippen molar-refractivity contribution < 1.29 is 27.1 Å². The molecule has 0 aliphatic heterocycles. The van der Waals surface area contributed by atoms with Crippen molar-refractivity contribution in [3.05, 3.63) is 120 Å². The van der Waals surface area contributed by atoms with E-state index in [1.807, 2.05) is 30.3 Å². The van der Waals surface area contributed by atoms with Crippen molar-refractivity contribution in [1.29, 1.82) is 0 Å². The van der Waals surface area contributed by atoms with Crippen LogP contribution in [0.3, 0.4) is 0 Å². The summed E-state index contributed by atoms with van der Waals surface area (Å²) in [5, 5.41) is 2.85. The quantitative estimate of drug-likeness (QED) is 0.262. The number of hydrogen-bond acceptors (Lipinski definition) is 6. The number of sulfonamides is 1. The summed E-state index contributed by atoms with van der Waals surface area (Å²) in [7, 11) is -3.92. The van der Waals surface area contributed by atoms with Crippen molar-refractivity contribution in [3.63, 3.8) is 0 Å². The Kier molecular flexibility index (Phi) is 9.64. The van der Waals surface area contributed by atoms with Gasteiger partial charge in [0.05, 0.1) is 4.90 Å². The maximum atomic E-state index is 13.3. The van der Waals surface area contributed by atoms with E-state index in [4.69, 9.17) is 4.74 Å². The standard InChI is InChI=1S/C30H29FN4O5S/c1-22(30(37)33-19-23-15-17-32-18-16-23)35(20-24-5-3-2-4-6-24)29(36)21-40-27-11-13-28(14-12-27)41(38,39)34-26-9-7-25(31)8-10-26/h2-18,22,34H,19-21H2,1H3,(H,33,37)/t22-/m1/s1. The van der Waals surface area contributed by atoms with Crippen LogP contribution in [-0.2, 0) is 32.7 Å². The number of carbonyl (C=O) groups is 2. The zero-order valence-corrected chi connectivity index (χ0v) is 23.1. The lowest BCUT2D eigenvalue weighted by atomic mass is 10.1. The summed E-state index contributed by atoms with van der Waals surface area (Å²) < 4.78 is 46.5. The van der Waals surface area contributed by atoms with Gasteiger partial charge in [0.25, 0.3) is 15.9 Å². The van der Waals surface area contributed by atoms with E-state index in [0.717, 1.165) is 23.3 Å². The van der Waals surface area contributed by atoms with E-state index < -0.39 is 27.8 Å². The molecule has 11 heteroatoms. The molecular formula is C30H29FN4O5S. The van der Waals surface area contributed by atoms with Gasteiger partial charge in [0, 0.05) is 31.2 Å². The third-order valence-electron chi connectivity index (χ3n) is 6.17. The Morgan fingerprint density at radius 2 is 1.56 bits per heavy atom. The van der Waals surface area contributed by atoms with Crippen molar-refractivity contribution in [2.75, 3.05) is 11.3 Å². The minimum Gasteiger partial charge on any atom is -0.484 e. The number of hydrogen-bond donors (Lipinski definition) is 2. The number of rotatable bonds is 12. The minimum atomic E-state index is -3.92. The molecule has 0 unspecified atom stereocenters. The molecule has 0 fully saturated rings. The molecule has 0 saturated heterocycles. The number of amides is 2. The second-order valence-electron chi connectivity index (χ2n) is 9.13. The number of aromatic nitrogens is 1. The highest BCUT2D eigenvalue weighted by atomic mass is 32.2. The fourth-order valence-electron chi connectivity index (χ4n) is 3.88. The van der Waals surface area contributed by atoms with Crippen LogP contribution in [0, 0.1) is 5.82 Å². The highest BCUT2D eigenvalue weighted by molar-refractivity contribution is 7.92. The van der Waals surface area contributed by atoms with Gasteiger partial charge in [0.2, 0.25) is 5.91 Å². The molecule has 0 saturated carbocycles. The summed E-state index contributed by atoms with van der Waals surface area (Å²) in [5.74, 6) is -0.954. The molecule has 0 spiro atoms. The molecule has 3 aromatic carbocycles. The number of nitrogens with one attached hydrogen (secondary N) is 2. The van der Waals surface area contributed by atoms with E-state index in [0.29, 0.717) is 6.54 Å². The maximum absolute atomic E-state index is 13.3. The van der Waals surface area contributed by atoms with Crippen molar-refractivity contribution in [2.45, 2.75) is 31.0 Å². The Labute approximate surface area is 238 Å². The monoisotopic (exact) mass is 576 g/mol. The Hall–Kier alpha value is -4.77. The molecule has 1 aromatic heterocycles. The van der Waals surface area contributed by atoms with E-state index in [1.165, 1.54) is 41.3 Å². The largest absolute Gasteiger partial charge is 0.484 e. The van der Waals surface area contributed by atoms with Gasteiger partial charge in [-0.15, -0.1) is 0 Å². The van der Waals surface area contributed by atoms with Gasteiger partial charge in [-0.05, 0) is 78.7 Å². The first kappa shape index (κ1) is 29.2. The van der Waals surface area contributed by atoms with Gasteiger partial charge >= 0.3 is 0 Å². The van der Waals surface area contributed by atoms with E-state index in [-0.39, 0.29) is 35.4 Å². The van der Waals surface area contributed by atoms with Crippen LogP contribution in [-0.4, -0.2) is 42.8 Å². The smallest absolute Gasteiger partial charge is 0.261 e. The molecule has 0 aliphatic rings. The van der Waals surface area contributed by atoms with Gasteiger partial charge in [0.1, 0.15) is 17.6 Å². The SMILES string of the molecule is C[C@H](C(=O)NCc1ccncc1)N(Cc1ccccc1)C(=O)COc1ccc(S(=O)(=O)Nc2ccc(F)cc2)cc1. The predicted molar refractivity (Wildman–Crippen MR) is 152 cm³/mol. The first-order chi connectivity index (χ1) is 19.7. The van der Waals surface area contributed by atoms with Crippen molar-refractivity contribution >= 4 is 27.5 Å². The second kappa shape index (κ2) is 13.5. The molecule has 1 heterocycles. The molecule has 1 atom stereocenters.